The third kappa shape index (κ3) is 7.99. The van der Waals surface area contributed by atoms with Crippen molar-refractivity contribution in [2.75, 3.05) is 13.2 Å². The Morgan fingerprint density at radius 2 is 2.00 bits per heavy atom. The lowest BCUT2D eigenvalue weighted by molar-refractivity contribution is -0.144. The molecule has 0 fully saturated rings. The summed E-state index contributed by atoms with van der Waals surface area (Å²) in [5.41, 5.74) is 5.56. The molecule has 3 N–H and O–H groups in total. The van der Waals surface area contributed by atoms with Gasteiger partial charge in [-0.2, -0.15) is 0 Å². The van der Waals surface area contributed by atoms with E-state index in [0.29, 0.717) is 31.4 Å². The fraction of sp³-hybridized carbons (Fsp3) is 0.412. The molecular formula is C17H23ClN2O4. The molecule has 0 aliphatic carbocycles. The van der Waals surface area contributed by atoms with Gasteiger partial charge < -0.3 is 20.5 Å². The minimum absolute atomic E-state index is 0.154. The first-order valence-electron chi connectivity index (χ1n) is 7.71. The molecule has 24 heavy (non-hydrogen) atoms. The quantitative estimate of drug-likeness (QED) is 0.292. The van der Waals surface area contributed by atoms with Crippen molar-refractivity contribution in [3.05, 3.63) is 48.6 Å². The summed E-state index contributed by atoms with van der Waals surface area (Å²) in [7, 11) is 0. The lowest BCUT2D eigenvalue weighted by Crippen LogP contribution is -2.32. The number of carbonyl (C=O) groups is 2. The van der Waals surface area contributed by atoms with Crippen molar-refractivity contribution in [3.63, 3.8) is 0 Å². The normalized spacial score (nSPS) is 12.8. The zero-order chi connectivity index (χ0) is 17.8. The zero-order valence-corrected chi connectivity index (χ0v) is 14.2. The molecule has 0 aromatic heterocycles. The molecule has 1 aromatic carbocycles. The summed E-state index contributed by atoms with van der Waals surface area (Å²) in [4.78, 5) is 23.1. The van der Waals surface area contributed by atoms with Gasteiger partial charge in [0.1, 0.15) is 12.6 Å². The van der Waals surface area contributed by atoms with E-state index in [-0.39, 0.29) is 6.61 Å². The molecule has 6 nitrogen and oxygen atoms in total. The topological polar surface area (TPSA) is 90.6 Å². The van der Waals surface area contributed by atoms with E-state index < -0.39 is 23.7 Å². The third-order valence-corrected chi connectivity index (χ3v) is 3.47. The van der Waals surface area contributed by atoms with Crippen LogP contribution >= 0.6 is 11.6 Å². The average molecular weight is 355 g/mol. The largest absolute Gasteiger partial charge is 0.460 e. The van der Waals surface area contributed by atoms with E-state index in [1.165, 1.54) is 6.08 Å². The van der Waals surface area contributed by atoms with Gasteiger partial charge in [-0.15, -0.1) is 0 Å². The molecule has 0 heterocycles. The van der Waals surface area contributed by atoms with Crippen molar-refractivity contribution >= 4 is 23.7 Å². The highest BCUT2D eigenvalue weighted by Crippen LogP contribution is 2.21. The van der Waals surface area contributed by atoms with Gasteiger partial charge in [-0.25, -0.2) is 4.79 Å². The van der Waals surface area contributed by atoms with E-state index in [1.54, 1.807) is 12.1 Å². The standard InChI is InChI=1S/C17H23ClN2O4/c1-2-12-23-16(21)14(19)10-6-7-11-20-17(22)24-15(18)13-8-4-3-5-9-13/h2-5,8-9,14-15H,1,6-7,10-12,19H2,(H,20,22)/t14-,15?/m0/s1. The summed E-state index contributed by atoms with van der Waals surface area (Å²) in [6, 6.07) is 8.37. The number of hydrogen-bond donors (Lipinski definition) is 2. The van der Waals surface area contributed by atoms with Crippen LogP contribution in [0.4, 0.5) is 4.79 Å². The van der Waals surface area contributed by atoms with Crippen LogP contribution < -0.4 is 11.1 Å². The van der Waals surface area contributed by atoms with Gasteiger partial charge in [0.15, 0.2) is 0 Å². The van der Waals surface area contributed by atoms with Gasteiger partial charge in [0.05, 0.1) is 0 Å². The highest BCUT2D eigenvalue weighted by atomic mass is 35.5. The van der Waals surface area contributed by atoms with E-state index in [1.807, 2.05) is 18.2 Å². The number of esters is 1. The number of benzene rings is 1. The molecule has 1 aromatic rings. The molecule has 0 radical (unpaired) electrons. The predicted molar refractivity (Wildman–Crippen MR) is 92.5 cm³/mol. The number of nitrogens with one attached hydrogen (secondary N) is 1. The zero-order valence-electron chi connectivity index (χ0n) is 13.4. The lowest BCUT2D eigenvalue weighted by Gasteiger charge is -2.13. The number of unbranched alkanes of at least 4 members (excludes halogenated alkanes) is 1. The smallest absolute Gasteiger partial charge is 0.408 e. The highest BCUT2D eigenvalue weighted by molar-refractivity contribution is 6.20. The van der Waals surface area contributed by atoms with Crippen LogP contribution in [0.15, 0.2) is 43.0 Å². The second-order valence-corrected chi connectivity index (χ2v) is 5.48. The Bertz CT molecular complexity index is 525. The SMILES string of the molecule is C=CCOC(=O)[C@@H](N)CCCCNC(=O)OC(Cl)c1ccccc1. The van der Waals surface area contributed by atoms with Gasteiger partial charge in [0.25, 0.3) is 0 Å². The van der Waals surface area contributed by atoms with Gasteiger partial charge in [-0.3, -0.25) is 4.79 Å². The molecule has 1 amide bonds. The summed E-state index contributed by atoms with van der Waals surface area (Å²) < 4.78 is 9.90. The Hall–Kier alpha value is -2.05. The lowest BCUT2D eigenvalue weighted by atomic mass is 10.1. The summed E-state index contributed by atoms with van der Waals surface area (Å²) in [6.45, 7) is 4.02. The van der Waals surface area contributed by atoms with E-state index in [2.05, 4.69) is 11.9 Å². The van der Waals surface area contributed by atoms with Gasteiger partial charge >= 0.3 is 12.1 Å². The second kappa shape index (κ2) is 11.5. The summed E-state index contributed by atoms with van der Waals surface area (Å²) in [6.07, 6.45) is 2.71. The Balaban J connectivity index is 2.13. The number of amides is 1. The molecule has 7 heteroatoms. The molecule has 0 aliphatic heterocycles. The van der Waals surface area contributed by atoms with Crippen LogP contribution in [0.1, 0.15) is 30.4 Å². The van der Waals surface area contributed by atoms with E-state index in [0.717, 1.165) is 0 Å². The molecule has 0 bridgehead atoms. The van der Waals surface area contributed by atoms with Crippen LogP contribution in [-0.4, -0.2) is 31.3 Å². The molecular weight excluding hydrogens is 332 g/mol. The van der Waals surface area contributed by atoms with Crippen molar-refractivity contribution in [1.29, 1.82) is 0 Å². The number of hydrogen-bond acceptors (Lipinski definition) is 5. The molecule has 0 spiro atoms. The molecule has 0 saturated carbocycles. The van der Waals surface area contributed by atoms with Crippen LogP contribution in [0.25, 0.3) is 0 Å². The number of rotatable bonds is 10. The average Bonchev–Trinajstić information content (AvgIpc) is 2.59. The van der Waals surface area contributed by atoms with Crippen LogP contribution in [-0.2, 0) is 14.3 Å². The van der Waals surface area contributed by atoms with Crippen LogP contribution in [0, 0.1) is 0 Å². The number of nitrogens with two attached hydrogens (primary N) is 1. The van der Waals surface area contributed by atoms with Crippen LogP contribution in [0.3, 0.4) is 0 Å². The fourth-order valence-electron chi connectivity index (χ4n) is 1.85. The molecule has 1 unspecified atom stereocenters. The molecule has 2 atom stereocenters. The first kappa shape index (κ1) is 20.0. The molecule has 1 rings (SSSR count). The first-order chi connectivity index (χ1) is 11.5. The van der Waals surface area contributed by atoms with Crippen molar-refractivity contribution in [2.24, 2.45) is 5.73 Å². The summed E-state index contributed by atoms with van der Waals surface area (Å²) in [5.74, 6) is -0.449. The Morgan fingerprint density at radius 1 is 1.29 bits per heavy atom. The van der Waals surface area contributed by atoms with E-state index in [9.17, 15) is 9.59 Å². The minimum Gasteiger partial charge on any atom is -0.460 e. The molecule has 0 aliphatic rings. The van der Waals surface area contributed by atoms with Crippen molar-refractivity contribution in [2.45, 2.75) is 30.9 Å². The summed E-state index contributed by atoms with van der Waals surface area (Å²) >= 11 is 6.00. The molecule has 0 saturated heterocycles. The third-order valence-electron chi connectivity index (χ3n) is 3.13. The van der Waals surface area contributed by atoms with Crippen molar-refractivity contribution in [3.8, 4) is 0 Å². The van der Waals surface area contributed by atoms with Crippen LogP contribution in [0.2, 0.25) is 0 Å². The van der Waals surface area contributed by atoms with Crippen LogP contribution in [0.5, 0.6) is 0 Å². The number of ether oxygens (including phenoxy) is 2. The van der Waals surface area contributed by atoms with Gasteiger partial charge in [0.2, 0.25) is 5.56 Å². The van der Waals surface area contributed by atoms with Crippen molar-refractivity contribution < 1.29 is 19.1 Å². The summed E-state index contributed by atoms with van der Waals surface area (Å²) in [5, 5.41) is 2.60. The van der Waals surface area contributed by atoms with Gasteiger partial charge in [-0.1, -0.05) is 54.6 Å². The maximum atomic E-state index is 11.6. The fourth-order valence-corrected chi connectivity index (χ4v) is 2.08. The van der Waals surface area contributed by atoms with E-state index in [4.69, 9.17) is 26.8 Å². The number of halogens is 1. The first-order valence-corrected chi connectivity index (χ1v) is 8.15. The minimum atomic E-state index is -0.834. The Morgan fingerprint density at radius 3 is 2.67 bits per heavy atom. The predicted octanol–water partition coefficient (Wildman–Crippen LogP) is 2.88. The van der Waals surface area contributed by atoms with Gasteiger partial charge in [0, 0.05) is 12.1 Å². The number of carbonyl (C=O) groups excluding carboxylic acids is 2. The number of alkyl halides is 1. The monoisotopic (exact) mass is 354 g/mol. The number of alkyl carbamates (subject to hydrolysis) is 1. The Kier molecular flexibility index (Phi) is 9.56. The maximum Gasteiger partial charge on any atom is 0.408 e. The van der Waals surface area contributed by atoms with Crippen molar-refractivity contribution in [1.82, 2.24) is 5.32 Å². The maximum absolute atomic E-state index is 11.6. The Labute approximate surface area is 146 Å². The van der Waals surface area contributed by atoms with E-state index >= 15 is 0 Å². The second-order valence-electron chi connectivity index (χ2n) is 5.08. The molecule has 132 valence electrons. The van der Waals surface area contributed by atoms with Gasteiger partial charge in [-0.05, 0) is 19.3 Å². The highest BCUT2D eigenvalue weighted by Gasteiger charge is 2.15.